The number of carbonyl (C=O) groups excluding carboxylic acids is 1. The summed E-state index contributed by atoms with van der Waals surface area (Å²) >= 11 is 1.89. The van der Waals surface area contributed by atoms with Gasteiger partial charge in [0.25, 0.3) is 0 Å². The van der Waals surface area contributed by atoms with Crippen LogP contribution in [0.25, 0.3) is 31.4 Å². The van der Waals surface area contributed by atoms with Gasteiger partial charge in [0.05, 0.1) is 5.76 Å². The van der Waals surface area contributed by atoms with E-state index < -0.39 is 0 Å². The Labute approximate surface area is 225 Å². The van der Waals surface area contributed by atoms with Gasteiger partial charge in [0.2, 0.25) is 0 Å². The van der Waals surface area contributed by atoms with Gasteiger partial charge in [0, 0.05) is 47.5 Å². The molecule has 0 amide bonds. The SMILES string of the molecule is CC(=O)/C=C(/C)O.CC(C)(C)c1cc[c-]c(-c2nccc3c2sc2cc4c(cc23)CCCC4)c1.[Ir]. The fourth-order valence-electron chi connectivity index (χ4n) is 4.49. The quantitative estimate of drug-likeness (QED) is 0.134. The van der Waals surface area contributed by atoms with Crippen LogP contribution in [0.5, 0.6) is 0 Å². The normalized spacial score (nSPS) is 13.6. The number of aliphatic hydroxyl groups excluding tert-OH is 1. The van der Waals surface area contributed by atoms with Crippen molar-refractivity contribution < 1.29 is 30.0 Å². The number of pyridine rings is 1. The fraction of sp³-hybridized carbons (Fsp3) is 0.333. The first-order valence-corrected chi connectivity index (χ1v) is 12.7. The van der Waals surface area contributed by atoms with Crippen LogP contribution in [0.1, 0.15) is 64.2 Å². The smallest absolute Gasteiger partial charge is 0.155 e. The Hall–Kier alpha value is -2.33. The second-order valence-electron chi connectivity index (χ2n) is 10.1. The second-order valence-corrected chi connectivity index (χ2v) is 11.2. The van der Waals surface area contributed by atoms with Crippen LogP contribution in [0.2, 0.25) is 0 Å². The summed E-state index contributed by atoms with van der Waals surface area (Å²) in [5.74, 6) is -0.0625. The molecule has 0 aliphatic heterocycles. The third kappa shape index (κ3) is 6.27. The van der Waals surface area contributed by atoms with Gasteiger partial charge >= 0.3 is 0 Å². The summed E-state index contributed by atoms with van der Waals surface area (Å²) in [5.41, 5.74) is 6.72. The molecule has 2 heterocycles. The maximum Gasteiger partial charge on any atom is 0.155 e. The Morgan fingerprint density at radius 2 is 1.74 bits per heavy atom. The van der Waals surface area contributed by atoms with E-state index in [0.29, 0.717) is 0 Å². The number of ketones is 1. The summed E-state index contributed by atoms with van der Waals surface area (Å²) < 4.78 is 2.68. The van der Waals surface area contributed by atoms with Gasteiger partial charge in [-0.05, 0) is 85.0 Å². The molecule has 2 aromatic carbocycles. The van der Waals surface area contributed by atoms with Crippen LogP contribution >= 0.6 is 11.3 Å². The summed E-state index contributed by atoms with van der Waals surface area (Å²) in [4.78, 5) is 14.8. The molecule has 0 bridgehead atoms. The van der Waals surface area contributed by atoms with Crippen molar-refractivity contribution in [3.8, 4) is 11.3 Å². The molecule has 0 saturated heterocycles. The van der Waals surface area contributed by atoms with Gasteiger partial charge in [-0.1, -0.05) is 20.8 Å². The molecule has 0 fully saturated rings. The van der Waals surface area contributed by atoms with Crippen molar-refractivity contribution in [1.82, 2.24) is 4.98 Å². The van der Waals surface area contributed by atoms with Gasteiger partial charge in [0.1, 0.15) is 0 Å². The number of nitrogens with zero attached hydrogens (tertiary/aromatic N) is 1. The van der Waals surface area contributed by atoms with Crippen molar-refractivity contribution in [2.75, 3.05) is 0 Å². The first kappa shape index (κ1) is 27.3. The average molecular weight is 663 g/mol. The van der Waals surface area contributed by atoms with Crippen molar-refractivity contribution in [2.45, 2.75) is 65.7 Å². The summed E-state index contributed by atoms with van der Waals surface area (Å²) in [5, 5.41) is 11.1. The van der Waals surface area contributed by atoms with Crippen molar-refractivity contribution in [3.63, 3.8) is 0 Å². The molecule has 0 saturated carbocycles. The number of thiophene rings is 1. The van der Waals surface area contributed by atoms with Gasteiger partial charge < -0.3 is 10.1 Å². The van der Waals surface area contributed by atoms with Gasteiger partial charge in [0.15, 0.2) is 5.78 Å². The van der Waals surface area contributed by atoms with E-state index in [1.165, 1.54) is 71.3 Å². The first-order valence-electron chi connectivity index (χ1n) is 11.9. The van der Waals surface area contributed by atoms with Crippen LogP contribution in [-0.2, 0) is 43.2 Å². The predicted octanol–water partition coefficient (Wildman–Crippen LogP) is 8.13. The number of aryl methyl sites for hydroxylation is 2. The van der Waals surface area contributed by atoms with Crippen LogP contribution < -0.4 is 0 Å². The molecule has 1 radical (unpaired) electrons. The molecule has 0 spiro atoms. The van der Waals surface area contributed by atoms with Crippen LogP contribution in [0.4, 0.5) is 0 Å². The average Bonchev–Trinajstić information content (AvgIpc) is 3.14. The third-order valence-electron chi connectivity index (χ3n) is 6.19. The topological polar surface area (TPSA) is 50.2 Å². The molecule has 5 rings (SSSR count). The molecule has 1 N–H and O–H groups in total. The van der Waals surface area contributed by atoms with Crippen LogP contribution in [0.3, 0.4) is 0 Å². The number of fused-ring (bicyclic) bond motifs is 4. The Morgan fingerprint density at radius 3 is 2.34 bits per heavy atom. The molecule has 0 unspecified atom stereocenters. The van der Waals surface area contributed by atoms with Gasteiger partial charge in [-0.3, -0.25) is 4.79 Å². The van der Waals surface area contributed by atoms with Gasteiger partial charge in [-0.2, -0.15) is 0 Å². The number of carbonyl (C=O) groups is 1. The molecule has 1 aliphatic rings. The van der Waals surface area contributed by atoms with E-state index in [4.69, 9.17) is 10.1 Å². The van der Waals surface area contributed by atoms with Crippen LogP contribution in [0, 0.1) is 6.07 Å². The molecular formula is C30H32IrNO2S-. The van der Waals surface area contributed by atoms with E-state index in [-0.39, 0.29) is 37.1 Å². The summed E-state index contributed by atoms with van der Waals surface area (Å²) in [6.07, 6.45) is 8.22. The molecule has 3 nitrogen and oxygen atoms in total. The molecule has 5 heteroatoms. The number of rotatable bonds is 2. The van der Waals surface area contributed by atoms with Crippen LogP contribution in [0.15, 0.2) is 54.4 Å². The van der Waals surface area contributed by atoms with E-state index in [2.05, 4.69) is 57.2 Å². The van der Waals surface area contributed by atoms with Crippen molar-refractivity contribution >= 4 is 37.3 Å². The summed E-state index contributed by atoms with van der Waals surface area (Å²) in [6, 6.07) is 17.0. The number of allylic oxidation sites excluding steroid dienone is 2. The number of aromatic nitrogens is 1. The second kappa shape index (κ2) is 11.2. The van der Waals surface area contributed by atoms with Gasteiger partial charge in [-0.25, -0.2) is 0 Å². The maximum absolute atomic E-state index is 10.0. The minimum atomic E-state index is -0.125. The molecule has 0 atom stereocenters. The number of benzene rings is 2. The van der Waals surface area contributed by atoms with E-state index in [0.717, 1.165) is 11.3 Å². The van der Waals surface area contributed by atoms with Crippen molar-refractivity contribution in [1.29, 1.82) is 0 Å². The molecule has 1 aliphatic carbocycles. The largest absolute Gasteiger partial charge is 0.512 e. The fourth-order valence-corrected chi connectivity index (χ4v) is 5.73. The molecule has 185 valence electrons. The van der Waals surface area contributed by atoms with Gasteiger partial charge in [-0.15, -0.1) is 46.7 Å². The molecular weight excluding hydrogens is 631 g/mol. The summed E-state index contributed by atoms with van der Waals surface area (Å²) in [7, 11) is 0. The van der Waals surface area contributed by atoms with E-state index in [1.807, 2.05) is 23.6 Å². The predicted molar refractivity (Wildman–Crippen MR) is 144 cm³/mol. The number of aliphatic hydroxyl groups is 1. The first-order chi connectivity index (χ1) is 16.1. The standard InChI is InChI=1S/C25H24NS.C5H8O2.Ir/c1-25(2,3)19-10-6-9-18(13-19)23-24-20(11-12-26-23)21-14-16-7-4-5-8-17(16)15-22(21)27-24;1-4(6)3-5(2)7;/h6,10-15H,4-5,7-8H2,1-3H3;3,6H,1-2H3;/q-1;;/b;4-3-;. The maximum atomic E-state index is 10.0. The van der Waals surface area contributed by atoms with Crippen molar-refractivity contribution in [3.05, 3.63) is 77.2 Å². The Morgan fingerprint density at radius 1 is 1.06 bits per heavy atom. The zero-order valence-electron chi connectivity index (χ0n) is 21.0. The molecule has 4 aromatic rings. The number of hydrogen-bond acceptors (Lipinski definition) is 4. The third-order valence-corrected chi connectivity index (χ3v) is 7.36. The van der Waals surface area contributed by atoms with Crippen molar-refractivity contribution in [2.24, 2.45) is 0 Å². The minimum absolute atomic E-state index is 0. The minimum Gasteiger partial charge on any atom is -0.512 e. The molecule has 35 heavy (non-hydrogen) atoms. The van der Waals surface area contributed by atoms with E-state index >= 15 is 0 Å². The van der Waals surface area contributed by atoms with E-state index in [1.54, 1.807) is 11.1 Å². The molecule has 2 aromatic heterocycles. The Kier molecular flexibility index (Phi) is 8.69. The van der Waals surface area contributed by atoms with E-state index in [9.17, 15) is 4.79 Å². The van der Waals surface area contributed by atoms with Crippen LogP contribution in [-0.4, -0.2) is 15.9 Å². The summed E-state index contributed by atoms with van der Waals surface area (Å²) in [6.45, 7) is 9.61. The Balaban J connectivity index is 0.000000378. The zero-order chi connectivity index (χ0) is 24.5. The monoisotopic (exact) mass is 663 g/mol. The Bertz CT molecular complexity index is 1390. The number of hydrogen-bond donors (Lipinski definition) is 1. The zero-order valence-corrected chi connectivity index (χ0v) is 24.2.